The lowest BCUT2D eigenvalue weighted by Gasteiger charge is -2.31. The summed E-state index contributed by atoms with van der Waals surface area (Å²) in [5.74, 6) is 0. The molecule has 2 rings (SSSR count). The largest absolute Gasteiger partial charge is 0.387 e. The third-order valence-electron chi connectivity index (χ3n) is 2.75. The van der Waals surface area contributed by atoms with Crippen LogP contribution in [0, 0.1) is 0 Å². The van der Waals surface area contributed by atoms with Gasteiger partial charge >= 0.3 is 6.03 Å². The molecule has 10 nitrogen and oxygen atoms in total. The highest BCUT2D eigenvalue weighted by Crippen LogP contribution is 2.34. The first-order valence-electron chi connectivity index (χ1n) is 5.85. The van der Waals surface area contributed by atoms with Crippen LogP contribution < -0.4 is 11.1 Å². The number of nitrogens with one attached hydrogen (secondary N) is 1. The molecule has 0 aromatic carbocycles. The Kier molecular flexibility index (Phi) is 5.41. The van der Waals surface area contributed by atoms with Crippen LogP contribution in [0.1, 0.15) is 0 Å². The number of rotatable bonds is 5. The van der Waals surface area contributed by atoms with Gasteiger partial charge in [-0.15, -0.1) is 0 Å². The molecule has 0 aromatic rings. The number of nitrogens with two attached hydrogens (primary N) is 1. The molecular formula is C9H15FN3O7P. The summed E-state index contributed by atoms with van der Waals surface area (Å²) in [4.78, 5) is 26.1. The van der Waals surface area contributed by atoms with E-state index in [1.807, 2.05) is 0 Å². The Balaban J connectivity index is 1.99. The molecule has 3 unspecified atom stereocenters. The number of aliphatic hydroxyl groups excluding tert-OH is 2. The van der Waals surface area contributed by atoms with E-state index < -0.39 is 51.7 Å². The third kappa shape index (κ3) is 3.65. The van der Waals surface area contributed by atoms with E-state index in [9.17, 15) is 14.3 Å². The second-order valence-corrected chi connectivity index (χ2v) is 5.35. The number of alkyl halides is 1. The smallest absolute Gasteiger partial charge is 0.325 e. The van der Waals surface area contributed by atoms with Crippen molar-refractivity contribution in [1.29, 1.82) is 0 Å². The molecular weight excluding hydrogens is 312 g/mol. The number of ether oxygens (including phenoxy) is 1. The number of halogens is 1. The van der Waals surface area contributed by atoms with Gasteiger partial charge in [0.1, 0.15) is 12.5 Å². The molecule has 2 amide bonds. The van der Waals surface area contributed by atoms with E-state index in [1.54, 1.807) is 0 Å². The molecule has 12 heteroatoms. The number of nitrogens with zero attached hydrogens (tertiary/aromatic N) is 1. The maximum absolute atomic E-state index is 13.8. The van der Waals surface area contributed by atoms with Gasteiger partial charge < -0.3 is 30.9 Å². The maximum Gasteiger partial charge on any atom is 0.325 e. The van der Waals surface area contributed by atoms with Gasteiger partial charge in [0.2, 0.25) is 14.7 Å². The van der Waals surface area contributed by atoms with Crippen molar-refractivity contribution in [2.45, 2.75) is 31.0 Å². The Morgan fingerprint density at radius 3 is 2.95 bits per heavy atom. The van der Waals surface area contributed by atoms with Gasteiger partial charge in [-0.25, -0.2) is 9.18 Å². The van der Waals surface area contributed by atoms with Crippen molar-refractivity contribution in [2.75, 3.05) is 6.35 Å². The minimum absolute atomic E-state index is 0.678. The van der Waals surface area contributed by atoms with Crippen molar-refractivity contribution in [3.05, 3.63) is 12.3 Å². The average Bonchev–Trinajstić information content (AvgIpc) is 2.73. The monoisotopic (exact) mass is 327 g/mol. The van der Waals surface area contributed by atoms with Crippen LogP contribution in [-0.4, -0.2) is 63.3 Å². The van der Waals surface area contributed by atoms with E-state index in [1.165, 1.54) is 12.3 Å². The quantitative estimate of drug-likeness (QED) is 0.230. The van der Waals surface area contributed by atoms with E-state index >= 15 is 0 Å². The van der Waals surface area contributed by atoms with E-state index in [-0.39, 0.29) is 0 Å². The highest BCUT2D eigenvalue weighted by molar-refractivity contribution is 7.45. The summed E-state index contributed by atoms with van der Waals surface area (Å²) < 4.78 is 23.2. The zero-order valence-corrected chi connectivity index (χ0v) is 11.5. The van der Waals surface area contributed by atoms with E-state index in [4.69, 9.17) is 20.5 Å². The van der Waals surface area contributed by atoms with Crippen molar-refractivity contribution < 1.29 is 38.6 Å². The van der Waals surface area contributed by atoms with Crippen LogP contribution >= 0.6 is 8.38 Å². The van der Waals surface area contributed by atoms with Crippen LogP contribution in [0.3, 0.4) is 0 Å². The Hall–Kier alpha value is -0.910. The SMILES string of the molecule is NC1C=CN([C@@H]2O[C@H](OOP(O)CO)[C@H](F)C2O)C(=O)N1. The van der Waals surface area contributed by atoms with Gasteiger partial charge in [-0.1, -0.05) is 0 Å². The Labute approximate surface area is 119 Å². The van der Waals surface area contributed by atoms with Gasteiger partial charge in [0.05, 0.1) is 6.17 Å². The van der Waals surface area contributed by atoms with Crippen molar-refractivity contribution in [1.82, 2.24) is 10.2 Å². The first-order valence-corrected chi connectivity index (χ1v) is 7.25. The minimum atomic E-state index is -2.29. The lowest BCUT2D eigenvalue weighted by molar-refractivity contribution is -0.327. The normalized spacial score (nSPS) is 37.7. The maximum atomic E-state index is 13.8. The minimum Gasteiger partial charge on any atom is -0.387 e. The number of hydrogen-bond donors (Lipinski definition) is 5. The molecule has 0 radical (unpaired) electrons. The molecule has 0 saturated carbocycles. The molecule has 1 saturated heterocycles. The van der Waals surface area contributed by atoms with Crippen LogP contribution in [-0.2, 0) is 14.3 Å². The lowest BCUT2D eigenvalue weighted by atomic mass is 10.2. The number of aliphatic hydroxyl groups is 2. The number of carbonyl (C=O) groups excluding carboxylic acids is 1. The van der Waals surface area contributed by atoms with Gasteiger partial charge in [0.25, 0.3) is 0 Å². The van der Waals surface area contributed by atoms with Crippen LogP contribution in [0.4, 0.5) is 9.18 Å². The molecule has 2 heterocycles. The molecule has 2 aliphatic rings. The number of hydrogen-bond acceptors (Lipinski definition) is 8. The van der Waals surface area contributed by atoms with Crippen LogP contribution in [0.2, 0.25) is 0 Å². The van der Waals surface area contributed by atoms with Gasteiger partial charge in [-0.2, -0.15) is 9.56 Å². The highest BCUT2D eigenvalue weighted by atomic mass is 31.2. The summed E-state index contributed by atoms with van der Waals surface area (Å²) in [7, 11) is -2.29. The second kappa shape index (κ2) is 6.90. The third-order valence-corrected chi connectivity index (χ3v) is 3.25. The Morgan fingerprint density at radius 1 is 1.62 bits per heavy atom. The summed E-state index contributed by atoms with van der Waals surface area (Å²) in [6, 6.07) is -0.678. The van der Waals surface area contributed by atoms with Crippen molar-refractivity contribution in [3.8, 4) is 0 Å². The summed E-state index contributed by atoms with van der Waals surface area (Å²) in [5, 5.41) is 20.6. The summed E-state index contributed by atoms with van der Waals surface area (Å²) in [5.41, 5.74) is 5.45. The Morgan fingerprint density at radius 2 is 2.33 bits per heavy atom. The van der Waals surface area contributed by atoms with Crippen LogP contribution in [0.25, 0.3) is 0 Å². The van der Waals surface area contributed by atoms with Gasteiger partial charge in [0.15, 0.2) is 12.4 Å². The highest BCUT2D eigenvalue weighted by Gasteiger charge is 2.50. The molecule has 6 N–H and O–H groups in total. The molecule has 0 bridgehead atoms. The molecule has 21 heavy (non-hydrogen) atoms. The standard InChI is InChI=1S/C9H15FN3O7P/c10-5-6(15)7(13-2-1-4(11)12-9(13)16)18-8(5)19-20-21(17)3-14/h1-2,4-8,14-15,17H,3,11H2,(H,12,16)/t4?,5-,6?,7-,8-,21?/m1/s1. The van der Waals surface area contributed by atoms with E-state index in [2.05, 4.69) is 14.9 Å². The van der Waals surface area contributed by atoms with Gasteiger partial charge in [0, 0.05) is 6.20 Å². The fraction of sp³-hybridized carbons (Fsp3) is 0.667. The predicted octanol–water partition coefficient (Wildman–Crippen LogP) is -1.61. The average molecular weight is 327 g/mol. The van der Waals surface area contributed by atoms with Crippen molar-refractivity contribution >= 4 is 14.4 Å². The van der Waals surface area contributed by atoms with E-state index in [0.717, 1.165) is 4.90 Å². The topological polar surface area (TPSA) is 147 Å². The zero-order chi connectivity index (χ0) is 15.6. The number of urea groups is 1. The number of carbonyl (C=O) groups is 1. The molecule has 2 aliphatic heterocycles. The molecule has 1 fully saturated rings. The van der Waals surface area contributed by atoms with E-state index in [0.29, 0.717) is 0 Å². The molecule has 0 aromatic heterocycles. The number of amides is 2. The van der Waals surface area contributed by atoms with Crippen LogP contribution in [0.5, 0.6) is 0 Å². The predicted molar refractivity (Wildman–Crippen MR) is 65.4 cm³/mol. The summed E-state index contributed by atoms with van der Waals surface area (Å²) in [6.45, 7) is 0. The van der Waals surface area contributed by atoms with Crippen molar-refractivity contribution in [3.63, 3.8) is 0 Å². The summed E-state index contributed by atoms with van der Waals surface area (Å²) in [6.07, 6.45) is -5.46. The Bertz CT molecular complexity index is 417. The first-order chi connectivity index (χ1) is 9.93. The lowest BCUT2D eigenvalue weighted by Crippen LogP contribution is -2.55. The molecule has 120 valence electrons. The van der Waals surface area contributed by atoms with Gasteiger partial charge in [-0.3, -0.25) is 4.90 Å². The summed E-state index contributed by atoms with van der Waals surface area (Å²) >= 11 is 0. The zero-order valence-electron chi connectivity index (χ0n) is 10.6. The first kappa shape index (κ1) is 16.5. The fourth-order valence-electron chi connectivity index (χ4n) is 1.75. The van der Waals surface area contributed by atoms with Gasteiger partial charge in [-0.05, 0) is 6.08 Å². The van der Waals surface area contributed by atoms with Crippen molar-refractivity contribution in [2.24, 2.45) is 5.73 Å². The molecule has 0 aliphatic carbocycles. The molecule has 0 spiro atoms. The fourth-order valence-corrected chi connectivity index (χ4v) is 1.98. The molecule has 6 atom stereocenters. The second-order valence-electron chi connectivity index (χ2n) is 4.22. The van der Waals surface area contributed by atoms with Crippen LogP contribution in [0.15, 0.2) is 12.3 Å².